The number of benzene rings is 2. The highest BCUT2D eigenvalue weighted by atomic mass is 32.2. The van der Waals surface area contributed by atoms with Crippen molar-refractivity contribution in [3.63, 3.8) is 0 Å². The Morgan fingerprint density at radius 3 is 2.44 bits per heavy atom. The summed E-state index contributed by atoms with van der Waals surface area (Å²) in [5, 5.41) is 2.60. The van der Waals surface area contributed by atoms with Crippen LogP contribution in [0.1, 0.15) is 17.3 Å². The molecule has 5 nitrogen and oxygen atoms in total. The summed E-state index contributed by atoms with van der Waals surface area (Å²) in [5.41, 5.74) is 0.591. The summed E-state index contributed by atoms with van der Waals surface area (Å²) in [6, 6.07) is 11.6. The second kappa shape index (κ2) is 8.41. The van der Waals surface area contributed by atoms with Gasteiger partial charge in [0.15, 0.2) is 0 Å². The summed E-state index contributed by atoms with van der Waals surface area (Å²) in [6.45, 7) is 1.89. The van der Waals surface area contributed by atoms with Crippen LogP contribution in [0.5, 0.6) is 0 Å². The molecule has 0 heterocycles. The SMILES string of the molecule is CCNS(=O)(=O)c1cccc(C(=O)Nc2ccc(SC(F)F)cc2)c1. The Hall–Kier alpha value is -1.97. The van der Waals surface area contributed by atoms with Gasteiger partial charge < -0.3 is 5.32 Å². The van der Waals surface area contributed by atoms with Crippen molar-refractivity contribution in [1.82, 2.24) is 4.72 Å². The fraction of sp³-hybridized carbons (Fsp3) is 0.188. The normalized spacial score (nSPS) is 11.5. The van der Waals surface area contributed by atoms with Gasteiger partial charge in [0.2, 0.25) is 10.0 Å². The molecule has 0 aliphatic carbocycles. The van der Waals surface area contributed by atoms with E-state index in [1.807, 2.05) is 0 Å². The van der Waals surface area contributed by atoms with Crippen LogP contribution in [-0.4, -0.2) is 26.6 Å². The molecule has 0 atom stereocenters. The molecule has 0 aliphatic rings. The Kier molecular flexibility index (Phi) is 6.51. The first-order valence-corrected chi connectivity index (χ1v) is 9.64. The number of carbonyl (C=O) groups is 1. The van der Waals surface area contributed by atoms with Crippen molar-refractivity contribution >= 4 is 33.4 Å². The van der Waals surface area contributed by atoms with Gasteiger partial charge in [-0.25, -0.2) is 13.1 Å². The van der Waals surface area contributed by atoms with E-state index < -0.39 is 21.7 Å². The van der Waals surface area contributed by atoms with E-state index in [1.54, 1.807) is 6.92 Å². The zero-order valence-electron chi connectivity index (χ0n) is 13.2. The Labute approximate surface area is 148 Å². The molecule has 2 N–H and O–H groups in total. The zero-order valence-corrected chi connectivity index (χ0v) is 14.8. The second-order valence-electron chi connectivity index (χ2n) is 4.89. The third-order valence-corrected chi connectivity index (χ3v) is 5.34. The number of carbonyl (C=O) groups excluding carboxylic acids is 1. The third-order valence-electron chi connectivity index (χ3n) is 3.08. The number of halogens is 2. The van der Waals surface area contributed by atoms with Gasteiger partial charge >= 0.3 is 0 Å². The molecular formula is C16H16F2N2O3S2. The quantitative estimate of drug-likeness (QED) is 0.714. The maximum Gasteiger partial charge on any atom is 0.288 e. The predicted octanol–water partition coefficient (Wildman–Crippen LogP) is 3.55. The van der Waals surface area contributed by atoms with E-state index >= 15 is 0 Å². The lowest BCUT2D eigenvalue weighted by atomic mass is 10.2. The number of amides is 1. The fourth-order valence-corrected chi connectivity index (χ4v) is 3.59. The minimum Gasteiger partial charge on any atom is -0.322 e. The van der Waals surface area contributed by atoms with Crippen LogP contribution >= 0.6 is 11.8 Å². The van der Waals surface area contributed by atoms with E-state index in [2.05, 4.69) is 10.0 Å². The zero-order chi connectivity index (χ0) is 18.4. The Morgan fingerprint density at radius 1 is 1.16 bits per heavy atom. The van der Waals surface area contributed by atoms with Gasteiger partial charge in [-0.15, -0.1) is 0 Å². The van der Waals surface area contributed by atoms with E-state index in [0.717, 1.165) is 0 Å². The lowest BCUT2D eigenvalue weighted by Crippen LogP contribution is -2.23. The van der Waals surface area contributed by atoms with Crippen LogP contribution in [0.25, 0.3) is 0 Å². The van der Waals surface area contributed by atoms with Crippen molar-refractivity contribution < 1.29 is 22.0 Å². The number of thioether (sulfide) groups is 1. The molecule has 0 aromatic heterocycles. The highest BCUT2D eigenvalue weighted by Crippen LogP contribution is 2.26. The Balaban J connectivity index is 2.13. The number of hydrogen-bond donors (Lipinski definition) is 2. The largest absolute Gasteiger partial charge is 0.322 e. The molecule has 0 saturated heterocycles. The average molecular weight is 386 g/mol. The van der Waals surface area contributed by atoms with Crippen LogP contribution in [0.3, 0.4) is 0 Å². The maximum absolute atomic E-state index is 12.3. The molecule has 25 heavy (non-hydrogen) atoms. The molecule has 0 radical (unpaired) electrons. The van der Waals surface area contributed by atoms with Crippen molar-refractivity contribution in [3.8, 4) is 0 Å². The smallest absolute Gasteiger partial charge is 0.288 e. The molecule has 2 aromatic carbocycles. The number of rotatable bonds is 7. The molecule has 1 amide bonds. The monoisotopic (exact) mass is 386 g/mol. The number of alkyl halides is 2. The Bertz CT molecular complexity index is 841. The van der Waals surface area contributed by atoms with Crippen molar-refractivity contribution in [3.05, 3.63) is 54.1 Å². The van der Waals surface area contributed by atoms with Crippen LogP contribution < -0.4 is 10.0 Å². The minimum absolute atomic E-state index is 0.00863. The highest BCUT2D eigenvalue weighted by Gasteiger charge is 2.15. The molecule has 2 rings (SSSR count). The van der Waals surface area contributed by atoms with Crippen LogP contribution in [0, 0.1) is 0 Å². The summed E-state index contributed by atoms with van der Waals surface area (Å²) < 4.78 is 50.9. The van der Waals surface area contributed by atoms with Crippen molar-refractivity contribution in [2.45, 2.75) is 22.5 Å². The molecule has 0 bridgehead atoms. The van der Waals surface area contributed by atoms with Crippen molar-refractivity contribution in [2.75, 3.05) is 11.9 Å². The predicted molar refractivity (Wildman–Crippen MR) is 93.6 cm³/mol. The number of sulfonamides is 1. The van der Waals surface area contributed by atoms with E-state index in [0.29, 0.717) is 22.3 Å². The van der Waals surface area contributed by atoms with Crippen molar-refractivity contribution in [2.24, 2.45) is 0 Å². The summed E-state index contributed by atoms with van der Waals surface area (Å²) in [7, 11) is -3.66. The van der Waals surface area contributed by atoms with Crippen LogP contribution in [0.4, 0.5) is 14.5 Å². The molecule has 0 aliphatic heterocycles. The van der Waals surface area contributed by atoms with Gasteiger partial charge in [0.1, 0.15) is 0 Å². The third kappa shape index (κ3) is 5.52. The summed E-state index contributed by atoms with van der Waals surface area (Å²) in [5.74, 6) is -3.01. The van der Waals surface area contributed by atoms with Gasteiger partial charge in [-0.1, -0.05) is 24.8 Å². The molecule has 134 valence electrons. The summed E-state index contributed by atoms with van der Waals surface area (Å²) >= 11 is 0.412. The average Bonchev–Trinajstić information content (AvgIpc) is 2.56. The molecule has 0 spiro atoms. The van der Waals surface area contributed by atoms with Gasteiger partial charge in [-0.2, -0.15) is 8.78 Å². The first kappa shape index (κ1) is 19.4. The summed E-state index contributed by atoms with van der Waals surface area (Å²) in [4.78, 5) is 12.6. The number of anilines is 1. The fourth-order valence-electron chi connectivity index (χ4n) is 2.00. The van der Waals surface area contributed by atoms with Gasteiger partial charge in [-0.3, -0.25) is 4.79 Å². The van der Waals surface area contributed by atoms with Gasteiger partial charge in [-0.05, 0) is 42.5 Å². The first-order valence-electron chi connectivity index (χ1n) is 7.28. The lowest BCUT2D eigenvalue weighted by Gasteiger charge is -2.09. The van der Waals surface area contributed by atoms with Crippen LogP contribution in [0.2, 0.25) is 0 Å². The lowest BCUT2D eigenvalue weighted by molar-refractivity contribution is 0.102. The standard InChI is InChI=1S/C16H16F2N2O3S2/c1-2-19-25(22,23)14-5-3-4-11(10-14)15(21)20-12-6-8-13(9-7-12)24-16(17)18/h3-10,16,19H,2H2,1H3,(H,20,21). The molecule has 0 unspecified atom stereocenters. The van der Waals surface area contributed by atoms with E-state index in [1.165, 1.54) is 48.5 Å². The first-order chi connectivity index (χ1) is 11.8. The van der Waals surface area contributed by atoms with E-state index in [4.69, 9.17) is 0 Å². The van der Waals surface area contributed by atoms with Gasteiger partial charge in [0.05, 0.1) is 4.90 Å². The van der Waals surface area contributed by atoms with Gasteiger partial charge in [0, 0.05) is 22.7 Å². The van der Waals surface area contributed by atoms with Gasteiger partial charge in [0.25, 0.3) is 11.7 Å². The second-order valence-corrected chi connectivity index (χ2v) is 7.72. The maximum atomic E-state index is 12.3. The number of nitrogens with one attached hydrogen (secondary N) is 2. The van der Waals surface area contributed by atoms with Crippen LogP contribution in [-0.2, 0) is 10.0 Å². The summed E-state index contributed by atoms with van der Waals surface area (Å²) in [6.07, 6.45) is 0. The van der Waals surface area contributed by atoms with E-state index in [-0.39, 0.29) is 17.0 Å². The topological polar surface area (TPSA) is 75.3 Å². The highest BCUT2D eigenvalue weighted by molar-refractivity contribution is 7.99. The Morgan fingerprint density at radius 2 is 1.84 bits per heavy atom. The van der Waals surface area contributed by atoms with E-state index in [9.17, 15) is 22.0 Å². The molecule has 0 fully saturated rings. The minimum atomic E-state index is -3.66. The van der Waals surface area contributed by atoms with Crippen molar-refractivity contribution in [1.29, 1.82) is 0 Å². The molecule has 0 saturated carbocycles. The number of hydrogen-bond acceptors (Lipinski definition) is 4. The molecular weight excluding hydrogens is 370 g/mol. The van der Waals surface area contributed by atoms with Crippen LogP contribution in [0.15, 0.2) is 58.3 Å². The molecule has 9 heteroatoms. The molecule has 2 aromatic rings.